The van der Waals surface area contributed by atoms with Crippen LogP contribution in [0, 0.1) is 0 Å². The fraction of sp³-hybridized carbons (Fsp3) is 1.00. The molecule has 1 radical (unpaired) electrons. The molecule has 0 heterocycles. The van der Waals surface area contributed by atoms with E-state index in [1.54, 1.807) is 0 Å². The summed E-state index contributed by atoms with van der Waals surface area (Å²) in [4.78, 5) is 0. The maximum absolute atomic E-state index is 8.16. The van der Waals surface area contributed by atoms with Crippen LogP contribution in [0.2, 0.25) is 0 Å². The molecule has 0 bridgehead atoms. The summed E-state index contributed by atoms with van der Waals surface area (Å²) in [5, 5.41) is 24.0. The van der Waals surface area contributed by atoms with Gasteiger partial charge in [-0.2, -0.15) is 0 Å². The Morgan fingerprint density at radius 3 is 1.27 bits per heavy atom. The van der Waals surface area contributed by atoms with Crippen molar-refractivity contribution in [2.24, 2.45) is 11.5 Å². The molecule has 0 aromatic heterocycles. The van der Waals surface area contributed by atoms with Crippen molar-refractivity contribution < 1.29 is 27.0 Å². The van der Waals surface area contributed by atoms with Crippen LogP contribution in [0.25, 0.3) is 10.6 Å². The number of rotatable bonds is 8. The Morgan fingerprint density at radius 2 is 1.07 bits per heavy atom. The van der Waals surface area contributed by atoms with E-state index in [0.29, 0.717) is 39.3 Å². The normalized spacial score (nSPS) is 8.80. The van der Waals surface area contributed by atoms with E-state index < -0.39 is 0 Å². The minimum atomic E-state index is 0. The number of nitrogens with two attached hydrogens (primary N) is 2. The molecule has 0 atom stereocenters. The van der Waals surface area contributed by atoms with E-state index in [1.807, 2.05) is 0 Å². The van der Waals surface area contributed by atoms with Crippen LogP contribution in [-0.2, 0) is 16.8 Å². The molecule has 0 saturated carbocycles. The van der Waals surface area contributed by atoms with Crippen molar-refractivity contribution >= 4 is 0 Å². The average Bonchev–Trinajstić information content (AvgIpc) is 2.21. The number of aliphatic hydroxyl groups excluding tert-OH is 2. The molecule has 0 amide bonds. The second-order valence-corrected chi connectivity index (χ2v) is 2.37. The molecule has 0 aromatic rings. The van der Waals surface area contributed by atoms with E-state index in [9.17, 15) is 0 Å². The third-order valence-corrected chi connectivity index (χ3v) is 1.09. The van der Waals surface area contributed by atoms with Gasteiger partial charge in [0.2, 0.25) is 0 Å². The van der Waals surface area contributed by atoms with Crippen LogP contribution >= 0.6 is 0 Å². The van der Waals surface area contributed by atoms with Crippen molar-refractivity contribution in [3.8, 4) is 0 Å². The molecule has 0 saturated heterocycles. The fourth-order valence-corrected chi connectivity index (χ4v) is 0.548. The van der Waals surface area contributed by atoms with Crippen molar-refractivity contribution in [3.63, 3.8) is 0 Å². The van der Waals surface area contributed by atoms with Crippen LogP contribution < -0.4 is 11.5 Å². The molecular formula is C8H22CoN4O2. The third kappa shape index (κ3) is 31.4. The molecule has 0 aliphatic rings. The molecular weight excluding hydrogens is 243 g/mol. The Bertz CT molecular complexity index is 73.0. The second kappa shape index (κ2) is 23.8. The van der Waals surface area contributed by atoms with E-state index >= 15 is 0 Å². The van der Waals surface area contributed by atoms with Gasteiger partial charge in [0.25, 0.3) is 0 Å². The minimum Gasteiger partial charge on any atom is -0.659 e. The zero-order valence-corrected chi connectivity index (χ0v) is 9.97. The third-order valence-electron chi connectivity index (χ3n) is 1.09. The molecule has 95 valence electrons. The van der Waals surface area contributed by atoms with Crippen molar-refractivity contribution in [2.75, 3.05) is 52.5 Å². The Morgan fingerprint density at radius 1 is 0.733 bits per heavy atom. The monoisotopic (exact) mass is 265 g/mol. The predicted molar refractivity (Wildman–Crippen MR) is 58.5 cm³/mol. The van der Waals surface area contributed by atoms with Crippen LogP contribution in [0.1, 0.15) is 0 Å². The van der Waals surface area contributed by atoms with Gasteiger partial charge >= 0.3 is 16.8 Å². The van der Waals surface area contributed by atoms with E-state index in [1.165, 1.54) is 0 Å². The largest absolute Gasteiger partial charge is 2.00 e. The maximum atomic E-state index is 8.16. The van der Waals surface area contributed by atoms with Gasteiger partial charge in [-0.1, -0.05) is 0 Å². The summed E-state index contributed by atoms with van der Waals surface area (Å²) in [6, 6.07) is 0. The molecule has 6 nitrogen and oxygen atoms in total. The van der Waals surface area contributed by atoms with Gasteiger partial charge in [0.15, 0.2) is 0 Å². The van der Waals surface area contributed by atoms with Gasteiger partial charge in [0, 0.05) is 13.2 Å². The van der Waals surface area contributed by atoms with E-state index in [2.05, 4.69) is 10.6 Å². The summed E-state index contributed by atoms with van der Waals surface area (Å²) in [5.41, 5.74) is 10.2. The summed E-state index contributed by atoms with van der Waals surface area (Å²) in [6.45, 7) is 3.83. The van der Waals surface area contributed by atoms with Crippen LogP contribution in [0.15, 0.2) is 0 Å². The first-order valence-electron chi connectivity index (χ1n) is 4.71. The maximum Gasteiger partial charge on any atom is 2.00 e. The SMILES string of the molecule is NCC[N-]CCO.NCC[N-]CCO.[Co+2]. The number of hydrogen-bond acceptors (Lipinski definition) is 4. The summed E-state index contributed by atoms with van der Waals surface area (Å²) in [6.07, 6.45) is 0. The number of nitrogens with zero attached hydrogens (tertiary/aromatic N) is 2. The Balaban J connectivity index is -0.000000180. The molecule has 15 heavy (non-hydrogen) atoms. The van der Waals surface area contributed by atoms with Crippen LogP contribution in [-0.4, -0.2) is 62.7 Å². The summed E-state index contributed by atoms with van der Waals surface area (Å²) >= 11 is 0. The van der Waals surface area contributed by atoms with E-state index in [-0.39, 0.29) is 30.0 Å². The van der Waals surface area contributed by atoms with Crippen LogP contribution in [0.3, 0.4) is 0 Å². The van der Waals surface area contributed by atoms with Gasteiger partial charge in [0.05, 0.1) is 0 Å². The van der Waals surface area contributed by atoms with Crippen molar-refractivity contribution in [1.82, 2.24) is 0 Å². The first kappa shape index (κ1) is 20.7. The molecule has 0 spiro atoms. The smallest absolute Gasteiger partial charge is 0.659 e. The van der Waals surface area contributed by atoms with Crippen LogP contribution in [0.4, 0.5) is 0 Å². The molecule has 0 aromatic carbocycles. The van der Waals surface area contributed by atoms with Crippen molar-refractivity contribution in [1.29, 1.82) is 0 Å². The van der Waals surface area contributed by atoms with Gasteiger partial charge in [-0.15, -0.1) is 26.2 Å². The average molecular weight is 265 g/mol. The Hall–Kier alpha value is 0.266. The molecule has 0 fully saturated rings. The van der Waals surface area contributed by atoms with Gasteiger partial charge < -0.3 is 32.3 Å². The standard InChI is InChI=1S/2C4H11N2O.Co/c2*5-1-2-6-3-4-7;/h2*7H,1-5H2;/q2*-1;+2. The fourth-order valence-electron chi connectivity index (χ4n) is 0.548. The molecule has 0 aliphatic heterocycles. The predicted octanol–water partition coefficient (Wildman–Crippen LogP) is -1.38. The van der Waals surface area contributed by atoms with Crippen LogP contribution in [0.5, 0.6) is 0 Å². The quantitative estimate of drug-likeness (QED) is 0.404. The van der Waals surface area contributed by atoms with E-state index in [0.717, 1.165) is 0 Å². The van der Waals surface area contributed by atoms with Gasteiger partial charge in [-0.3, -0.25) is 0 Å². The number of aliphatic hydroxyl groups is 2. The number of hydrogen-bond donors (Lipinski definition) is 4. The second-order valence-electron chi connectivity index (χ2n) is 2.37. The zero-order valence-electron chi connectivity index (χ0n) is 8.93. The molecule has 0 unspecified atom stereocenters. The van der Waals surface area contributed by atoms with Gasteiger partial charge in [-0.25, -0.2) is 0 Å². The molecule has 6 N–H and O–H groups in total. The van der Waals surface area contributed by atoms with Crippen molar-refractivity contribution in [3.05, 3.63) is 10.6 Å². The summed E-state index contributed by atoms with van der Waals surface area (Å²) < 4.78 is 0. The molecule has 7 heteroatoms. The van der Waals surface area contributed by atoms with Gasteiger partial charge in [0.1, 0.15) is 0 Å². The van der Waals surface area contributed by atoms with E-state index in [4.69, 9.17) is 21.7 Å². The first-order chi connectivity index (χ1) is 6.83. The summed E-state index contributed by atoms with van der Waals surface area (Å²) in [5.74, 6) is 0. The topological polar surface area (TPSA) is 121 Å². The van der Waals surface area contributed by atoms with Gasteiger partial charge in [-0.05, 0) is 13.1 Å². The zero-order chi connectivity index (χ0) is 11.1. The Labute approximate surface area is 102 Å². The molecule has 0 rings (SSSR count). The molecule has 0 aliphatic carbocycles. The summed E-state index contributed by atoms with van der Waals surface area (Å²) in [7, 11) is 0. The minimum absolute atomic E-state index is 0. The Kier molecular flexibility index (Phi) is 32.8. The first-order valence-corrected chi connectivity index (χ1v) is 4.71. The van der Waals surface area contributed by atoms with Crippen molar-refractivity contribution in [2.45, 2.75) is 0 Å².